The number of benzene rings is 4. The van der Waals surface area contributed by atoms with Crippen LogP contribution in [0.4, 0.5) is 0 Å². The molecule has 0 spiro atoms. The Balaban J connectivity index is 0.000000271. The van der Waals surface area contributed by atoms with Crippen LogP contribution >= 0.6 is 0 Å². The van der Waals surface area contributed by atoms with Crippen LogP contribution < -0.4 is 10.6 Å². The SMILES string of the molecule is CC(C)OC(C(=O)O)C(NC(=O)c1ccccc1)c1ccccc1.CC1=C2C(O)C(=O)[C@]3(C)C(C)CC4OC[C@@]4(O)C3C(C)C(O)(CC1O)C2(C)C.CC1=C2C(O)C(=O)[C@]3(C)C(C)CC4OC[C@@]4(O)C3C(C)C(O)(CC1[C@@H](OO)C(OC(C)C)C(NC(=O)c1ccccc1)c1ccccc1)C2(C)C.[Ac].[Ac].[Ac].[Ac]. The number of nitrogens with one attached hydrogen (secondary N) is 2. The number of hydrogen-bond acceptors (Lipinski definition) is 18. The largest absolute Gasteiger partial charge is 0.479 e. The van der Waals surface area contributed by atoms with Gasteiger partial charge in [-0.3, -0.25) is 24.4 Å². The number of ether oxygens (including phenoxy) is 4. The van der Waals surface area contributed by atoms with Crippen LogP contribution in [-0.4, -0.2) is 172 Å². The fourth-order valence-electron chi connectivity index (χ4n) is 20.2. The van der Waals surface area contributed by atoms with Gasteiger partial charge in [0.25, 0.3) is 11.8 Å². The zero-order valence-electron chi connectivity index (χ0n) is 64.7. The Kier molecular flexibility index (Phi) is 32.8. The summed E-state index contributed by atoms with van der Waals surface area (Å²) >= 11 is 0. The summed E-state index contributed by atoms with van der Waals surface area (Å²) in [6.07, 6.45) is -7.68. The van der Waals surface area contributed by atoms with E-state index in [9.17, 15) is 70.1 Å². The van der Waals surface area contributed by atoms with E-state index in [1.807, 2.05) is 139 Å². The van der Waals surface area contributed by atoms with Gasteiger partial charge in [0.2, 0.25) is 0 Å². The summed E-state index contributed by atoms with van der Waals surface area (Å²) in [7, 11) is 0. The molecule has 25 heteroatoms. The van der Waals surface area contributed by atoms with Crippen LogP contribution in [0.25, 0.3) is 0 Å². The number of fused-ring (bicyclic) bond motifs is 10. The third kappa shape index (κ3) is 17.0. The monoisotopic (exact) mass is 2330 g/mol. The van der Waals surface area contributed by atoms with E-state index in [1.165, 1.54) is 0 Å². The molecule has 18 unspecified atom stereocenters. The minimum Gasteiger partial charge on any atom is -0.479 e. The van der Waals surface area contributed by atoms with E-state index >= 15 is 0 Å². The van der Waals surface area contributed by atoms with Gasteiger partial charge in [0, 0.05) is 233 Å². The molecule has 23 atom stereocenters. The first-order valence-electron chi connectivity index (χ1n) is 36.5. The van der Waals surface area contributed by atoms with Gasteiger partial charge in [-0.15, -0.1) is 0 Å². The summed E-state index contributed by atoms with van der Waals surface area (Å²) in [4.78, 5) is 71.9. The number of amides is 2. The molecule has 11 N–H and O–H groups in total. The Hall–Kier alpha value is -0.644. The van der Waals surface area contributed by atoms with E-state index < -0.39 is 140 Å². The maximum atomic E-state index is 14.8. The summed E-state index contributed by atoms with van der Waals surface area (Å²) in [6, 6.07) is 34.1. The molecule has 21 nitrogen and oxygen atoms in total. The summed E-state index contributed by atoms with van der Waals surface area (Å²) in [5.74, 6) is -6.16. The molecule has 6 aliphatic carbocycles. The van der Waals surface area contributed by atoms with Crippen molar-refractivity contribution in [2.45, 2.75) is 232 Å². The fraction of sp³-hybridized carbons (Fsp3) is 0.598. The Morgan fingerprint density at radius 1 is 0.523 bits per heavy atom. The number of aliphatic carboxylic acids is 1. The van der Waals surface area contributed by atoms with Crippen LogP contribution in [-0.2, 0) is 38.2 Å². The molecule has 8 aliphatic rings. The van der Waals surface area contributed by atoms with E-state index in [-0.39, 0.29) is 250 Å². The molecule has 2 aliphatic heterocycles. The number of carbonyl (C=O) groups is 5. The topological polar surface area (TPSA) is 338 Å². The molecule has 2 amide bonds. The average Bonchev–Trinajstić information content (AvgIpc) is 0.681. The predicted octanol–water partition coefficient (Wildman–Crippen LogP) is 9.51. The quantitative estimate of drug-likeness (QED) is 0.0282. The molecule has 6 fully saturated rings. The molecule has 4 aromatic carbocycles. The van der Waals surface area contributed by atoms with Crippen molar-refractivity contribution in [3.05, 3.63) is 166 Å². The minimum atomic E-state index is -1.61. The van der Waals surface area contributed by atoms with Crippen molar-refractivity contribution in [1.29, 1.82) is 0 Å². The van der Waals surface area contributed by atoms with Crippen molar-refractivity contribution in [3.8, 4) is 0 Å². The number of carboxylic acids is 1. The van der Waals surface area contributed by atoms with Gasteiger partial charge in [-0.2, -0.15) is 0 Å². The van der Waals surface area contributed by atoms with Gasteiger partial charge in [0.1, 0.15) is 35.6 Å². The van der Waals surface area contributed by atoms with Gasteiger partial charge in [-0.05, 0) is 137 Å². The van der Waals surface area contributed by atoms with Crippen molar-refractivity contribution in [2.24, 2.45) is 63.1 Å². The van der Waals surface area contributed by atoms with Gasteiger partial charge in [0.05, 0.1) is 67.0 Å². The van der Waals surface area contributed by atoms with Crippen molar-refractivity contribution in [3.63, 3.8) is 0 Å². The summed E-state index contributed by atoms with van der Waals surface area (Å²) in [5, 5.41) is 110. The van der Waals surface area contributed by atoms with E-state index in [4.69, 9.17) is 23.8 Å². The van der Waals surface area contributed by atoms with E-state index in [1.54, 1.807) is 93.6 Å². The van der Waals surface area contributed by atoms with Crippen molar-refractivity contribution < 1.29 is 270 Å². The number of aliphatic hydroxyl groups excluding tert-OH is 3. The van der Waals surface area contributed by atoms with Crippen LogP contribution in [0.5, 0.6) is 0 Å². The fourth-order valence-corrected chi connectivity index (χ4v) is 20.2. The molecule has 4 aromatic rings. The Labute approximate surface area is 773 Å². The second-order valence-corrected chi connectivity index (χ2v) is 32.9. The van der Waals surface area contributed by atoms with Crippen LogP contribution in [0.2, 0.25) is 0 Å². The third-order valence-electron chi connectivity index (χ3n) is 26.3. The van der Waals surface area contributed by atoms with Crippen molar-refractivity contribution in [2.75, 3.05) is 13.2 Å². The molecular formula is C82H110Ac4N2O19. The van der Waals surface area contributed by atoms with E-state index in [0.29, 0.717) is 57.4 Å². The molecule has 4 radical (unpaired) electrons. The van der Waals surface area contributed by atoms with Crippen LogP contribution in [0.15, 0.2) is 144 Å². The maximum absolute atomic E-state index is 14.8. The van der Waals surface area contributed by atoms with Gasteiger partial charge in [-0.25, -0.2) is 9.68 Å². The molecule has 2 heterocycles. The number of Topliss-reactive ketones (excluding diaryl/α,β-unsaturated/α-hetero) is 2. The summed E-state index contributed by atoms with van der Waals surface area (Å²) in [5.41, 5.74) is -5.56. The molecule has 107 heavy (non-hydrogen) atoms. The van der Waals surface area contributed by atoms with Crippen LogP contribution in [0.1, 0.15) is 180 Å². The van der Waals surface area contributed by atoms with Gasteiger partial charge in [0.15, 0.2) is 17.7 Å². The number of rotatable bonds is 16. The maximum Gasteiger partial charge on any atom is 0.335 e. The second-order valence-electron chi connectivity index (χ2n) is 32.9. The average molecular weight is 2340 g/mol. The zero-order chi connectivity index (χ0) is 75.8. The van der Waals surface area contributed by atoms with Crippen molar-refractivity contribution >= 4 is 29.4 Å². The van der Waals surface area contributed by atoms with Gasteiger partial charge < -0.3 is 70.4 Å². The third-order valence-corrected chi connectivity index (χ3v) is 26.3. The number of aliphatic hydroxyl groups is 7. The number of hydrogen-bond donors (Lipinski definition) is 11. The molecule has 2 saturated heterocycles. The molecule has 12 rings (SSSR count). The van der Waals surface area contributed by atoms with Gasteiger partial charge in [-0.1, -0.05) is 172 Å². The number of carboxylic acid groups (broad SMARTS) is 1. The molecule has 4 saturated carbocycles. The first-order chi connectivity index (χ1) is 48.2. The standard InChI is InChI=1S/C41H55NO9.C22H34O6.C19H21NO4.4Ac/c1-22(2)50-34(31(26-15-11-9-12-16-26)42-37(45)27-17-13-10-14-18-27)33(51-48)28-20-41(47)25(5)35-39(8,23(3)19-29-40(35,46)21-49-29)36(44)32(43)30(24(28)4)38(41,6)7;1-10-7-14-21(26,9-28-14)17-12(3)22(27)8-13(23)11(2)15(19(22,4)5)16(24)18(25)20(10,17)6;1-13(2)24-17(19(22)23)16(14-9-5-3-6-10-14)20-18(21)15-11-7-4-8-12-15;;;;/h9-18,22-23,25,28-29,31-35,43,46-48H,19-21H2,1-8H3,(H,42,45);10,12-14,16-17,23-24,26-27H,7-9H2,1-6H3;3-13,16-17H,1-2H3,(H,20,21)(H,22,23);;;;/t23?,25?,28?,29?,31?,32?,33-,34?,35?,39-,40+,41?;10?,12?,13?,14?,16?,17?,20-,21+,22?;;;;;/m11...../s1. The van der Waals surface area contributed by atoms with Crippen molar-refractivity contribution in [1.82, 2.24) is 10.6 Å². The number of carbonyl (C=O) groups excluding carboxylic acids is 4. The first kappa shape index (κ1) is 95.2. The van der Waals surface area contributed by atoms with Crippen LogP contribution in [0, 0.1) is 239 Å². The molecule has 0 aromatic heterocycles. The summed E-state index contributed by atoms with van der Waals surface area (Å²) in [6.45, 7) is 29.6. The Morgan fingerprint density at radius 3 is 1.23 bits per heavy atom. The van der Waals surface area contributed by atoms with Gasteiger partial charge >= 0.3 is 5.97 Å². The van der Waals surface area contributed by atoms with Crippen LogP contribution in [0.3, 0.4) is 0 Å². The van der Waals surface area contributed by atoms with E-state index in [2.05, 4.69) is 10.6 Å². The number of ketones is 2. The Morgan fingerprint density at radius 2 is 0.879 bits per heavy atom. The Bertz CT molecular complexity index is 3840. The van der Waals surface area contributed by atoms with E-state index in [0.717, 1.165) is 0 Å². The molecule has 4 bridgehead atoms. The smallest absolute Gasteiger partial charge is 0.335 e. The molecular weight excluding hydrogens is 2220 g/mol. The molecule has 574 valence electrons. The summed E-state index contributed by atoms with van der Waals surface area (Å²) < 4.78 is 23.6. The minimum absolute atomic E-state index is 0. The predicted molar refractivity (Wildman–Crippen MR) is 383 cm³/mol. The normalized spacial score (nSPS) is 35.5. The second kappa shape index (κ2) is 36.9. The zero-order valence-corrected chi connectivity index (χ0v) is 83.7. The first-order valence-corrected chi connectivity index (χ1v) is 36.5.